The molecule has 0 aromatic heterocycles. The molecular formula is C18H24N2O2. The molecule has 0 bridgehead atoms. The van der Waals surface area contributed by atoms with Gasteiger partial charge in [-0.25, -0.2) is 0 Å². The summed E-state index contributed by atoms with van der Waals surface area (Å²) in [7, 11) is 0. The fraction of sp³-hybridized carbons (Fsp3) is 0.611. The van der Waals surface area contributed by atoms with Gasteiger partial charge in [0.1, 0.15) is 6.10 Å². The van der Waals surface area contributed by atoms with Crippen molar-refractivity contribution in [3.8, 4) is 0 Å². The number of nitrogens with two attached hydrogens (primary N) is 1. The highest BCUT2D eigenvalue weighted by molar-refractivity contribution is 5.82. The summed E-state index contributed by atoms with van der Waals surface area (Å²) in [6.07, 6.45) is 5.91. The number of rotatable bonds is 4. The van der Waals surface area contributed by atoms with Gasteiger partial charge in [0.2, 0.25) is 0 Å². The molecule has 2 N–H and O–H groups in total. The van der Waals surface area contributed by atoms with Gasteiger partial charge >= 0.3 is 0 Å². The summed E-state index contributed by atoms with van der Waals surface area (Å²) in [5.41, 5.74) is 8.42. The molecule has 4 nitrogen and oxygen atoms in total. The van der Waals surface area contributed by atoms with Crippen molar-refractivity contribution in [3.63, 3.8) is 0 Å². The molecule has 118 valence electrons. The maximum atomic E-state index is 13.0. The number of ether oxygens (including phenoxy) is 1. The zero-order valence-electron chi connectivity index (χ0n) is 12.9. The molecular weight excluding hydrogens is 276 g/mol. The van der Waals surface area contributed by atoms with Crippen LogP contribution in [-0.4, -0.2) is 35.6 Å². The highest BCUT2D eigenvalue weighted by atomic mass is 16.5. The van der Waals surface area contributed by atoms with Crippen LogP contribution in [0.1, 0.15) is 49.3 Å². The molecule has 1 saturated carbocycles. The van der Waals surface area contributed by atoms with Crippen molar-refractivity contribution in [2.24, 2.45) is 5.73 Å². The molecule has 1 aromatic carbocycles. The van der Waals surface area contributed by atoms with Gasteiger partial charge in [0.25, 0.3) is 5.91 Å². The molecule has 2 aliphatic carbocycles. The smallest absolute Gasteiger partial charge is 0.252 e. The summed E-state index contributed by atoms with van der Waals surface area (Å²) >= 11 is 0. The standard InChI is InChI=1S/C18H24N2O2/c19-11-14-8-10-17(22-14)18(21)20(13-6-7-13)16-9-5-12-3-1-2-4-15(12)16/h1-4,13-14,16-17H,5-11,19H2/t14-,16?,17+/m1/s1. The lowest BCUT2D eigenvalue weighted by molar-refractivity contribution is -0.146. The third-order valence-electron chi connectivity index (χ3n) is 5.28. The molecule has 1 aliphatic heterocycles. The van der Waals surface area contributed by atoms with Gasteiger partial charge in [-0.3, -0.25) is 4.79 Å². The van der Waals surface area contributed by atoms with Crippen molar-refractivity contribution in [3.05, 3.63) is 35.4 Å². The molecule has 1 aromatic rings. The lowest BCUT2D eigenvalue weighted by atomic mass is 10.1. The van der Waals surface area contributed by atoms with Crippen molar-refractivity contribution in [2.75, 3.05) is 6.54 Å². The van der Waals surface area contributed by atoms with Crippen LogP contribution in [0.5, 0.6) is 0 Å². The minimum absolute atomic E-state index is 0.0610. The Morgan fingerprint density at radius 3 is 2.73 bits per heavy atom. The zero-order chi connectivity index (χ0) is 15.1. The van der Waals surface area contributed by atoms with Gasteiger partial charge in [-0.15, -0.1) is 0 Å². The van der Waals surface area contributed by atoms with E-state index in [-0.39, 0.29) is 24.2 Å². The van der Waals surface area contributed by atoms with Crippen LogP contribution in [0.2, 0.25) is 0 Å². The molecule has 4 heteroatoms. The second kappa shape index (κ2) is 5.67. The fourth-order valence-electron chi connectivity index (χ4n) is 3.99. The van der Waals surface area contributed by atoms with Crippen LogP contribution in [0.3, 0.4) is 0 Å². The number of fused-ring (bicyclic) bond motifs is 1. The van der Waals surface area contributed by atoms with E-state index in [9.17, 15) is 4.79 Å². The Bertz CT molecular complexity index is 570. The van der Waals surface area contributed by atoms with Crippen LogP contribution in [0, 0.1) is 0 Å². The molecule has 1 unspecified atom stereocenters. The second-order valence-electron chi connectivity index (χ2n) is 6.79. The molecule has 0 spiro atoms. The Balaban J connectivity index is 1.56. The van der Waals surface area contributed by atoms with E-state index < -0.39 is 0 Å². The lowest BCUT2D eigenvalue weighted by Gasteiger charge is -2.32. The summed E-state index contributed by atoms with van der Waals surface area (Å²) in [5.74, 6) is 0.195. The second-order valence-corrected chi connectivity index (χ2v) is 6.79. The summed E-state index contributed by atoms with van der Waals surface area (Å²) in [5, 5.41) is 0. The van der Waals surface area contributed by atoms with Crippen LogP contribution < -0.4 is 5.73 Å². The van der Waals surface area contributed by atoms with E-state index in [4.69, 9.17) is 10.5 Å². The first-order valence-corrected chi connectivity index (χ1v) is 8.53. The maximum Gasteiger partial charge on any atom is 0.252 e. The Morgan fingerprint density at radius 1 is 1.18 bits per heavy atom. The number of hydrogen-bond donors (Lipinski definition) is 1. The SMILES string of the molecule is NC[C@H]1CC[C@@H](C(=O)N(C2CC2)C2CCc3ccccc32)O1. The minimum atomic E-state index is -0.276. The van der Waals surface area contributed by atoms with E-state index in [0.717, 1.165) is 38.5 Å². The van der Waals surface area contributed by atoms with Gasteiger partial charge < -0.3 is 15.4 Å². The number of amides is 1. The molecule has 22 heavy (non-hydrogen) atoms. The normalized spacial score (nSPS) is 30.3. The van der Waals surface area contributed by atoms with E-state index in [0.29, 0.717) is 12.6 Å². The monoisotopic (exact) mass is 300 g/mol. The number of aryl methyl sites for hydroxylation is 1. The average molecular weight is 300 g/mol. The molecule has 0 radical (unpaired) electrons. The van der Waals surface area contributed by atoms with Gasteiger partial charge in [0, 0.05) is 12.6 Å². The quantitative estimate of drug-likeness (QED) is 0.927. The van der Waals surface area contributed by atoms with Crippen molar-refractivity contribution in [1.29, 1.82) is 0 Å². The van der Waals surface area contributed by atoms with Crippen LogP contribution in [0.25, 0.3) is 0 Å². The van der Waals surface area contributed by atoms with Crippen molar-refractivity contribution >= 4 is 5.91 Å². The minimum Gasteiger partial charge on any atom is -0.364 e. The predicted octanol–water partition coefficient (Wildman–Crippen LogP) is 2.17. The summed E-state index contributed by atoms with van der Waals surface area (Å²) in [6, 6.07) is 9.23. The van der Waals surface area contributed by atoms with Gasteiger partial charge in [0.15, 0.2) is 0 Å². The Kier molecular flexibility index (Phi) is 3.66. The van der Waals surface area contributed by atoms with Crippen LogP contribution >= 0.6 is 0 Å². The van der Waals surface area contributed by atoms with E-state index in [1.165, 1.54) is 11.1 Å². The summed E-state index contributed by atoms with van der Waals surface area (Å²) in [4.78, 5) is 15.2. The zero-order valence-corrected chi connectivity index (χ0v) is 12.9. The number of hydrogen-bond acceptors (Lipinski definition) is 3. The average Bonchev–Trinajstić information content (AvgIpc) is 3.11. The van der Waals surface area contributed by atoms with E-state index in [1.54, 1.807) is 0 Å². The predicted molar refractivity (Wildman–Crippen MR) is 84.3 cm³/mol. The summed E-state index contributed by atoms with van der Waals surface area (Å²) in [6.45, 7) is 0.513. The lowest BCUT2D eigenvalue weighted by Crippen LogP contribution is -2.42. The highest BCUT2D eigenvalue weighted by Gasteiger charge is 2.44. The molecule has 1 amide bonds. The number of carbonyl (C=O) groups is 1. The van der Waals surface area contributed by atoms with E-state index in [1.807, 2.05) is 0 Å². The van der Waals surface area contributed by atoms with E-state index >= 15 is 0 Å². The van der Waals surface area contributed by atoms with Crippen molar-refractivity contribution in [1.82, 2.24) is 4.90 Å². The Morgan fingerprint density at radius 2 is 2.00 bits per heavy atom. The van der Waals surface area contributed by atoms with Crippen molar-refractivity contribution < 1.29 is 9.53 Å². The third kappa shape index (κ3) is 2.44. The molecule has 4 rings (SSSR count). The topological polar surface area (TPSA) is 55.6 Å². The fourth-order valence-corrected chi connectivity index (χ4v) is 3.99. The first-order valence-electron chi connectivity index (χ1n) is 8.53. The van der Waals surface area contributed by atoms with Crippen LogP contribution in [-0.2, 0) is 16.0 Å². The van der Waals surface area contributed by atoms with Gasteiger partial charge in [0.05, 0.1) is 12.1 Å². The maximum absolute atomic E-state index is 13.0. The van der Waals surface area contributed by atoms with Crippen molar-refractivity contribution in [2.45, 2.75) is 62.8 Å². The number of benzene rings is 1. The largest absolute Gasteiger partial charge is 0.364 e. The number of carbonyl (C=O) groups excluding carboxylic acids is 1. The number of nitrogens with zero attached hydrogens (tertiary/aromatic N) is 1. The summed E-state index contributed by atoms with van der Waals surface area (Å²) < 4.78 is 5.86. The van der Waals surface area contributed by atoms with Crippen LogP contribution in [0.15, 0.2) is 24.3 Å². The molecule has 2 fully saturated rings. The molecule has 1 saturated heterocycles. The van der Waals surface area contributed by atoms with Crippen LogP contribution in [0.4, 0.5) is 0 Å². The van der Waals surface area contributed by atoms with Gasteiger partial charge in [-0.2, -0.15) is 0 Å². The van der Waals surface area contributed by atoms with Gasteiger partial charge in [-0.05, 0) is 49.7 Å². The first kappa shape index (κ1) is 14.2. The Labute approximate surface area is 131 Å². The molecule has 3 atom stereocenters. The Hall–Kier alpha value is -1.39. The molecule has 1 heterocycles. The third-order valence-corrected chi connectivity index (χ3v) is 5.28. The van der Waals surface area contributed by atoms with Gasteiger partial charge in [-0.1, -0.05) is 24.3 Å². The van der Waals surface area contributed by atoms with E-state index in [2.05, 4.69) is 29.2 Å². The highest BCUT2D eigenvalue weighted by Crippen LogP contribution is 2.42. The molecule has 3 aliphatic rings. The first-order chi connectivity index (χ1) is 10.8.